The molecule has 47 heavy (non-hydrogen) atoms. The molecule has 2 aromatic carbocycles. The fourth-order valence-electron chi connectivity index (χ4n) is 5.76. The fourth-order valence-corrected chi connectivity index (χ4v) is 7.83. The Morgan fingerprint density at radius 2 is 1.32 bits per heavy atom. The quantitative estimate of drug-likeness (QED) is 0.103. The van der Waals surface area contributed by atoms with Crippen LogP contribution in [0.5, 0.6) is 0 Å². The van der Waals surface area contributed by atoms with E-state index in [-0.39, 0.29) is 10.6 Å². The average molecular weight is 728 g/mol. The van der Waals surface area contributed by atoms with E-state index in [9.17, 15) is 0 Å². The number of nitrogens with two attached hydrogens (primary N) is 1. The van der Waals surface area contributed by atoms with Crippen LogP contribution in [0.4, 0.5) is 28.6 Å². The molecule has 3 N–H and O–H groups in total. The van der Waals surface area contributed by atoms with E-state index in [1.807, 2.05) is 18.2 Å². The van der Waals surface area contributed by atoms with Crippen molar-refractivity contribution in [3.8, 4) is 0 Å². The molecule has 8 rings (SSSR count). The zero-order valence-corrected chi connectivity index (χ0v) is 29.7. The molecule has 2 atom stereocenters. The van der Waals surface area contributed by atoms with E-state index in [0.29, 0.717) is 28.6 Å². The Hall–Kier alpha value is -3.55. The van der Waals surface area contributed by atoms with Gasteiger partial charge in [-0.2, -0.15) is 4.98 Å². The molecule has 2 aliphatic heterocycles. The summed E-state index contributed by atoms with van der Waals surface area (Å²) in [6.07, 6.45) is 5.10. The number of anilines is 5. The monoisotopic (exact) mass is 726 g/mol. The molecule has 244 valence electrons. The summed E-state index contributed by atoms with van der Waals surface area (Å²) in [6, 6.07) is 17.8. The highest BCUT2D eigenvalue weighted by atomic mass is 35.5. The number of nitrogens with one attached hydrogen (secondary N) is 1. The number of fused-ring (bicyclic) bond motifs is 2. The molecule has 0 saturated carbocycles. The summed E-state index contributed by atoms with van der Waals surface area (Å²) in [6.45, 7) is 6.83. The van der Waals surface area contributed by atoms with Gasteiger partial charge in [-0.05, 0) is 99.1 Å². The Kier molecular flexibility index (Phi) is 10.7. The predicted octanol–water partition coefficient (Wildman–Crippen LogP) is 9.12. The van der Waals surface area contributed by atoms with Gasteiger partial charge in [0.25, 0.3) is 0 Å². The van der Waals surface area contributed by atoms with Crippen molar-refractivity contribution in [1.29, 1.82) is 0 Å². The number of rotatable bonds is 4. The van der Waals surface area contributed by atoms with Crippen molar-refractivity contribution in [3.05, 3.63) is 75.3 Å². The van der Waals surface area contributed by atoms with E-state index in [1.165, 1.54) is 66.3 Å². The lowest BCUT2D eigenvalue weighted by Gasteiger charge is -2.24. The highest BCUT2D eigenvalue weighted by Crippen LogP contribution is 2.31. The minimum absolute atomic E-state index is 0.159. The maximum absolute atomic E-state index is 6.01. The van der Waals surface area contributed by atoms with Crippen LogP contribution in [0.15, 0.2) is 59.6 Å². The highest BCUT2D eigenvalue weighted by molar-refractivity contribution is 7.16. The van der Waals surface area contributed by atoms with Gasteiger partial charge in [0.2, 0.25) is 10.6 Å². The first-order valence-corrected chi connectivity index (χ1v) is 18.1. The largest absolute Gasteiger partial charge is 0.399 e. The molecule has 0 aliphatic carbocycles. The smallest absolute Gasteiger partial charge is 0.225 e. The second-order valence-corrected chi connectivity index (χ2v) is 14.0. The molecule has 2 aliphatic rings. The fraction of sp³-hybridized carbons (Fsp3) is 0.312. The summed E-state index contributed by atoms with van der Waals surface area (Å²) < 4.78 is 0. The number of hydrogen-bond donors (Lipinski definition) is 2. The van der Waals surface area contributed by atoms with Gasteiger partial charge in [0.1, 0.15) is 15.9 Å². The van der Waals surface area contributed by atoms with E-state index >= 15 is 0 Å². The van der Waals surface area contributed by atoms with Crippen molar-refractivity contribution in [2.24, 2.45) is 0 Å². The van der Waals surface area contributed by atoms with Crippen molar-refractivity contribution in [2.45, 2.75) is 51.6 Å². The highest BCUT2D eigenvalue weighted by Gasteiger charge is 2.21. The topological polar surface area (TPSA) is 122 Å². The summed E-state index contributed by atoms with van der Waals surface area (Å²) in [7, 11) is 0. The van der Waals surface area contributed by atoms with Gasteiger partial charge >= 0.3 is 0 Å². The van der Waals surface area contributed by atoms with Crippen molar-refractivity contribution >= 4 is 107 Å². The van der Waals surface area contributed by atoms with Crippen LogP contribution in [0.1, 0.15) is 39.5 Å². The van der Waals surface area contributed by atoms with Crippen LogP contribution in [0, 0.1) is 0 Å². The zero-order chi connectivity index (χ0) is 32.9. The van der Waals surface area contributed by atoms with Gasteiger partial charge < -0.3 is 20.9 Å². The van der Waals surface area contributed by atoms with Gasteiger partial charge in [0, 0.05) is 47.9 Å². The Morgan fingerprint density at radius 3 is 1.94 bits per heavy atom. The van der Waals surface area contributed by atoms with E-state index < -0.39 is 0 Å². The lowest BCUT2D eigenvalue weighted by molar-refractivity contribution is 0.735. The molecular weight excluding hydrogens is 695 g/mol. The summed E-state index contributed by atoms with van der Waals surface area (Å²) in [4.78, 5) is 30.8. The summed E-state index contributed by atoms with van der Waals surface area (Å²) in [5.41, 5.74) is 14.8. The first-order chi connectivity index (χ1) is 22.7. The number of nitrogen functional groups attached to an aromatic ring is 1. The Balaban J connectivity index is 0.000000136. The number of halogens is 3. The molecule has 6 aromatic rings. The maximum Gasteiger partial charge on any atom is 0.225 e. The molecule has 4 aromatic heterocycles. The van der Waals surface area contributed by atoms with Crippen molar-refractivity contribution < 1.29 is 0 Å². The summed E-state index contributed by atoms with van der Waals surface area (Å²) in [5, 5.41) is 4.03. The van der Waals surface area contributed by atoms with E-state index in [1.54, 1.807) is 11.0 Å². The van der Waals surface area contributed by atoms with Crippen LogP contribution >= 0.6 is 57.5 Å². The first kappa shape index (κ1) is 33.4. The van der Waals surface area contributed by atoms with Crippen molar-refractivity contribution in [3.63, 3.8) is 0 Å². The minimum atomic E-state index is 0.159. The zero-order valence-electron chi connectivity index (χ0n) is 25.8. The third-order valence-corrected chi connectivity index (χ3v) is 10.1. The van der Waals surface area contributed by atoms with Crippen molar-refractivity contribution in [2.75, 3.05) is 33.9 Å². The van der Waals surface area contributed by atoms with Crippen LogP contribution in [0.3, 0.4) is 0 Å². The lowest BCUT2D eigenvalue weighted by atomic mass is 10.2. The van der Waals surface area contributed by atoms with Gasteiger partial charge in [-0.25, -0.2) is 24.9 Å². The van der Waals surface area contributed by atoms with Gasteiger partial charge in [0.15, 0.2) is 15.8 Å². The number of thiazole rings is 2. The Labute approximate surface area is 296 Å². The number of aromatic nitrogens is 6. The van der Waals surface area contributed by atoms with Gasteiger partial charge in [-0.3, -0.25) is 0 Å². The molecule has 2 saturated heterocycles. The number of benzene rings is 2. The normalized spacial score (nSPS) is 17.4. The Morgan fingerprint density at radius 1 is 0.745 bits per heavy atom. The van der Waals surface area contributed by atoms with Crippen molar-refractivity contribution in [1.82, 2.24) is 29.9 Å². The molecule has 0 amide bonds. The molecule has 6 heterocycles. The van der Waals surface area contributed by atoms with E-state index in [0.717, 1.165) is 33.1 Å². The maximum atomic E-state index is 6.01. The molecule has 15 heteroatoms. The molecule has 10 nitrogen and oxygen atoms in total. The molecule has 0 unspecified atom stereocenters. The Bertz CT molecular complexity index is 1970. The van der Waals surface area contributed by atoms with Crippen LogP contribution in [0.2, 0.25) is 15.7 Å². The summed E-state index contributed by atoms with van der Waals surface area (Å²) in [5.74, 6) is 0.646. The first-order valence-electron chi connectivity index (χ1n) is 15.2. The third kappa shape index (κ3) is 8.13. The minimum Gasteiger partial charge on any atom is -0.399 e. The van der Waals surface area contributed by atoms with Gasteiger partial charge in [-0.15, -0.1) is 22.7 Å². The molecule has 0 bridgehead atoms. The molecule has 2 fully saturated rings. The molecule has 0 radical (unpaired) electrons. The third-order valence-electron chi connectivity index (χ3n) is 8.05. The van der Waals surface area contributed by atoms with Gasteiger partial charge in [-0.1, -0.05) is 23.7 Å². The van der Waals surface area contributed by atoms with Crippen LogP contribution in [-0.4, -0.2) is 55.1 Å². The SMILES string of the molecule is C[C@H]1CCCN1c1cccc(N)c1.C[C@H]1CCCN1c1cccc(Nc2nc(Cl)nc3scnc23)c1.Clc1nc(Cl)c2ncsc2n1. The second-order valence-electron chi connectivity index (χ2n) is 11.3. The number of hydrogen-bond acceptors (Lipinski definition) is 12. The second kappa shape index (κ2) is 15.1. The van der Waals surface area contributed by atoms with Crippen LogP contribution in [-0.2, 0) is 0 Å². The molecule has 0 spiro atoms. The van der Waals surface area contributed by atoms with E-state index in [2.05, 4.69) is 89.2 Å². The van der Waals surface area contributed by atoms with Crippen LogP contribution in [0.25, 0.3) is 20.7 Å². The predicted molar refractivity (Wildman–Crippen MR) is 198 cm³/mol. The van der Waals surface area contributed by atoms with Gasteiger partial charge in [0.05, 0.1) is 11.0 Å². The van der Waals surface area contributed by atoms with E-state index in [4.69, 9.17) is 40.5 Å². The molecular formula is C32H33Cl3N10S2. The number of nitrogens with zero attached hydrogens (tertiary/aromatic N) is 8. The van der Waals surface area contributed by atoms with Crippen LogP contribution < -0.4 is 20.9 Å². The standard InChI is InChI=1S/C16H16ClN5S.C11H16N2.C5HCl2N3S/c1-10-4-3-7-22(10)12-6-2-5-11(8-12)19-14-13-15(23-9-18-13)21-16(17)20-14;1-9-4-3-7-13(9)11-6-2-5-10(12)8-11;6-3-2-4(11-1-8-2)10-5(7)9-3/h2,5-6,8-10H,3-4,7H2,1H3,(H,19,20,21);2,5-6,8-9H,3-4,7,12H2,1H3;1H/t10-;9-;/m00./s1. The average Bonchev–Trinajstić information content (AvgIpc) is 3.86. The lowest BCUT2D eigenvalue weighted by Crippen LogP contribution is -2.26. The summed E-state index contributed by atoms with van der Waals surface area (Å²) >= 11 is 20.1.